The Morgan fingerprint density at radius 2 is 1.59 bits per heavy atom. The maximum Gasteiger partial charge on any atom is 0.319 e. The van der Waals surface area contributed by atoms with E-state index in [0.717, 1.165) is 48.3 Å². The van der Waals surface area contributed by atoms with E-state index < -0.39 is 18.4 Å². The first-order valence-electron chi connectivity index (χ1n) is 15.9. The molecule has 0 spiro atoms. The van der Waals surface area contributed by atoms with Crippen molar-refractivity contribution in [3.8, 4) is 0 Å². The van der Waals surface area contributed by atoms with Gasteiger partial charge in [0.25, 0.3) is 0 Å². The highest BCUT2D eigenvalue weighted by molar-refractivity contribution is 5.93. The number of carbonyl (C=O) groups is 2. The number of nitrogens with zero attached hydrogens (tertiary/aromatic N) is 1. The van der Waals surface area contributed by atoms with Crippen LogP contribution >= 0.6 is 0 Å². The van der Waals surface area contributed by atoms with Gasteiger partial charge in [0.1, 0.15) is 0 Å². The molecule has 4 atom stereocenters. The summed E-state index contributed by atoms with van der Waals surface area (Å²) in [6, 6.07) is 24.0. The maximum absolute atomic E-state index is 13.0. The van der Waals surface area contributed by atoms with Crippen molar-refractivity contribution in [1.82, 2.24) is 10.2 Å². The van der Waals surface area contributed by atoms with Crippen molar-refractivity contribution in [2.24, 2.45) is 0 Å². The van der Waals surface area contributed by atoms with Gasteiger partial charge in [-0.2, -0.15) is 0 Å². The molecular formula is C36H45N3O5. The molecule has 234 valence electrons. The second kappa shape index (κ2) is 16.0. The summed E-state index contributed by atoms with van der Waals surface area (Å²) in [6.45, 7) is 4.51. The fourth-order valence-corrected chi connectivity index (χ4v) is 6.05. The third kappa shape index (κ3) is 9.22. The summed E-state index contributed by atoms with van der Waals surface area (Å²) in [5.41, 5.74) is 4.29. The van der Waals surface area contributed by atoms with Gasteiger partial charge in [0.05, 0.1) is 24.9 Å². The number of ether oxygens (including phenoxy) is 2. The standard InChI is InChI=1S/C36H45N3O5/c1-26(41)33(21-27-11-6-5-7-12-27)38-36(42)37-31-14-10-13-30(22-31)35-43-32(24-39-19-8-3-2-4-9-20-39)23-34(44-35)29-17-15-28(25-40)16-18-29/h5-7,10-18,22,32-35,40H,2-4,8-9,19-21,23-25H2,1H3,(H2,37,38,42)/t32-,33+,34+,35?/m0/s1. The smallest absolute Gasteiger partial charge is 0.319 e. The quantitative estimate of drug-likeness (QED) is 0.253. The van der Waals surface area contributed by atoms with E-state index >= 15 is 0 Å². The van der Waals surface area contributed by atoms with Crippen LogP contribution in [0.3, 0.4) is 0 Å². The molecule has 2 aliphatic heterocycles. The minimum atomic E-state index is -0.632. The summed E-state index contributed by atoms with van der Waals surface area (Å²) < 4.78 is 13.1. The molecular weight excluding hydrogens is 554 g/mol. The molecule has 3 aromatic carbocycles. The van der Waals surface area contributed by atoms with Gasteiger partial charge >= 0.3 is 6.03 Å². The van der Waals surface area contributed by atoms with Gasteiger partial charge in [0.2, 0.25) is 0 Å². The van der Waals surface area contributed by atoms with Crippen molar-refractivity contribution >= 4 is 17.5 Å². The summed E-state index contributed by atoms with van der Waals surface area (Å²) in [6.07, 6.45) is 6.65. The van der Waals surface area contributed by atoms with E-state index in [1.165, 1.54) is 39.0 Å². The molecule has 0 bridgehead atoms. The predicted molar refractivity (Wildman–Crippen MR) is 171 cm³/mol. The molecule has 2 fully saturated rings. The molecule has 3 aromatic rings. The number of Topliss-reactive ketones (excluding diaryl/α,β-unsaturated/α-hetero) is 1. The van der Waals surface area contributed by atoms with Crippen LogP contribution in [0.1, 0.15) is 80.1 Å². The van der Waals surface area contributed by atoms with Crippen molar-refractivity contribution in [3.63, 3.8) is 0 Å². The number of aliphatic hydroxyl groups excluding tert-OH is 1. The van der Waals surface area contributed by atoms with Crippen LogP contribution in [0.15, 0.2) is 78.9 Å². The Morgan fingerprint density at radius 3 is 2.30 bits per heavy atom. The Balaban J connectivity index is 1.29. The monoisotopic (exact) mass is 599 g/mol. The summed E-state index contributed by atoms with van der Waals surface area (Å²) in [5.74, 6) is -0.106. The Hall–Kier alpha value is -3.56. The van der Waals surface area contributed by atoms with Crippen molar-refractivity contribution in [1.29, 1.82) is 0 Å². The number of hydrogen-bond acceptors (Lipinski definition) is 6. The maximum atomic E-state index is 13.0. The fourth-order valence-electron chi connectivity index (χ4n) is 6.05. The van der Waals surface area contributed by atoms with E-state index in [1.54, 1.807) is 0 Å². The third-order valence-corrected chi connectivity index (χ3v) is 8.52. The van der Waals surface area contributed by atoms with Crippen LogP contribution in [0.4, 0.5) is 10.5 Å². The van der Waals surface area contributed by atoms with Crippen LogP contribution in [0.25, 0.3) is 0 Å². The van der Waals surface area contributed by atoms with Crippen LogP contribution < -0.4 is 10.6 Å². The molecule has 8 heteroatoms. The van der Waals surface area contributed by atoms with E-state index in [9.17, 15) is 14.7 Å². The van der Waals surface area contributed by atoms with Gasteiger partial charge in [0.15, 0.2) is 12.1 Å². The van der Waals surface area contributed by atoms with Gasteiger partial charge < -0.3 is 30.1 Å². The molecule has 5 rings (SSSR count). The number of benzene rings is 3. The number of anilines is 1. The highest BCUT2D eigenvalue weighted by Crippen LogP contribution is 2.38. The van der Waals surface area contributed by atoms with Crippen molar-refractivity contribution in [2.45, 2.75) is 83.0 Å². The van der Waals surface area contributed by atoms with E-state index in [4.69, 9.17) is 9.47 Å². The van der Waals surface area contributed by atoms with Crippen molar-refractivity contribution in [2.75, 3.05) is 25.0 Å². The Bertz CT molecular complexity index is 1340. The minimum absolute atomic E-state index is 0.00190. The highest BCUT2D eigenvalue weighted by atomic mass is 16.7. The largest absolute Gasteiger partial charge is 0.392 e. The zero-order valence-corrected chi connectivity index (χ0v) is 25.6. The minimum Gasteiger partial charge on any atom is -0.392 e. The first-order valence-corrected chi connectivity index (χ1v) is 15.9. The number of urea groups is 1. The zero-order chi connectivity index (χ0) is 30.7. The molecule has 2 heterocycles. The molecule has 1 unspecified atom stereocenters. The molecule has 3 N–H and O–H groups in total. The van der Waals surface area contributed by atoms with Crippen LogP contribution in [0.2, 0.25) is 0 Å². The van der Waals surface area contributed by atoms with Gasteiger partial charge in [-0.05, 0) is 68.1 Å². The average Bonchev–Trinajstić information content (AvgIpc) is 3.02. The van der Waals surface area contributed by atoms with E-state index in [-0.39, 0.29) is 24.6 Å². The second-order valence-electron chi connectivity index (χ2n) is 12.0. The number of nitrogens with one attached hydrogen (secondary N) is 2. The Kier molecular flexibility index (Phi) is 11.5. The lowest BCUT2D eigenvalue weighted by atomic mass is 9.99. The molecule has 2 saturated heterocycles. The summed E-state index contributed by atoms with van der Waals surface area (Å²) in [5, 5.41) is 15.2. The number of hydrogen-bond donors (Lipinski definition) is 3. The molecule has 8 nitrogen and oxygen atoms in total. The molecule has 2 aliphatic rings. The van der Waals surface area contributed by atoms with Crippen LogP contribution in [-0.2, 0) is 27.3 Å². The molecule has 2 amide bonds. The van der Waals surface area contributed by atoms with Gasteiger partial charge in [-0.25, -0.2) is 4.79 Å². The number of amides is 2. The number of ketones is 1. The lowest BCUT2D eigenvalue weighted by molar-refractivity contribution is -0.253. The van der Waals surface area contributed by atoms with Crippen LogP contribution in [0, 0.1) is 0 Å². The van der Waals surface area contributed by atoms with Crippen LogP contribution in [0.5, 0.6) is 0 Å². The first-order chi connectivity index (χ1) is 21.5. The van der Waals surface area contributed by atoms with E-state index in [1.807, 2.05) is 78.9 Å². The van der Waals surface area contributed by atoms with Crippen molar-refractivity contribution < 1.29 is 24.2 Å². The molecule has 44 heavy (non-hydrogen) atoms. The number of carbonyl (C=O) groups excluding carboxylic acids is 2. The number of rotatable bonds is 10. The number of aliphatic hydroxyl groups is 1. The fraction of sp³-hybridized carbons (Fsp3) is 0.444. The van der Waals surface area contributed by atoms with Gasteiger partial charge in [-0.1, -0.05) is 86.0 Å². The second-order valence-corrected chi connectivity index (χ2v) is 12.0. The Labute approximate surface area is 260 Å². The third-order valence-electron chi connectivity index (χ3n) is 8.52. The highest BCUT2D eigenvalue weighted by Gasteiger charge is 2.33. The number of likely N-dealkylation sites (tertiary alicyclic amines) is 1. The first kappa shape index (κ1) is 31.9. The lowest BCUT2D eigenvalue weighted by Crippen LogP contribution is -2.43. The predicted octanol–water partition coefficient (Wildman–Crippen LogP) is 6.31. The zero-order valence-electron chi connectivity index (χ0n) is 25.6. The van der Waals surface area contributed by atoms with Crippen molar-refractivity contribution in [3.05, 3.63) is 101 Å². The van der Waals surface area contributed by atoms with Crippen LogP contribution in [-0.4, -0.2) is 53.6 Å². The van der Waals surface area contributed by atoms with Gasteiger partial charge in [-0.15, -0.1) is 0 Å². The Morgan fingerprint density at radius 1 is 0.864 bits per heavy atom. The van der Waals surface area contributed by atoms with E-state index in [0.29, 0.717) is 12.1 Å². The van der Waals surface area contributed by atoms with Gasteiger partial charge in [0, 0.05) is 24.2 Å². The molecule has 0 saturated carbocycles. The molecule has 0 aromatic heterocycles. The summed E-state index contributed by atoms with van der Waals surface area (Å²) in [7, 11) is 0. The summed E-state index contributed by atoms with van der Waals surface area (Å²) >= 11 is 0. The molecule has 0 radical (unpaired) electrons. The van der Waals surface area contributed by atoms with Gasteiger partial charge in [-0.3, -0.25) is 4.79 Å². The molecule has 0 aliphatic carbocycles. The average molecular weight is 600 g/mol. The summed E-state index contributed by atoms with van der Waals surface area (Å²) in [4.78, 5) is 27.8. The van der Waals surface area contributed by atoms with E-state index in [2.05, 4.69) is 15.5 Å². The SMILES string of the molecule is CC(=O)[C@@H](Cc1ccccc1)NC(=O)Nc1cccc(C2O[C@H](CN3CCCCCCC3)C[C@H](c3ccc(CO)cc3)O2)c1. The lowest BCUT2D eigenvalue weighted by Gasteiger charge is -2.39. The topological polar surface area (TPSA) is 100 Å². The normalized spacial score (nSPS) is 21.9.